The zero-order valence-electron chi connectivity index (χ0n) is 11.1. The molecule has 1 aliphatic carbocycles. The number of carbonyl (C=O) groups is 1. The fraction of sp³-hybridized carbons (Fsp3) is 0.533. The van der Waals surface area contributed by atoms with Gasteiger partial charge in [0.15, 0.2) is 0 Å². The molecule has 0 aromatic heterocycles. The third-order valence-electron chi connectivity index (χ3n) is 3.49. The molecule has 1 fully saturated rings. The fourth-order valence-electron chi connectivity index (χ4n) is 1.95. The molecule has 1 aliphatic rings. The summed E-state index contributed by atoms with van der Waals surface area (Å²) in [6.07, 6.45) is 2.48. The maximum atomic E-state index is 12.0. The average molecular weight is 247 g/mol. The maximum Gasteiger partial charge on any atom is 0.327 e. The normalized spacial score (nSPS) is 18.1. The van der Waals surface area contributed by atoms with Gasteiger partial charge in [-0.15, -0.1) is 0 Å². The van der Waals surface area contributed by atoms with Crippen molar-refractivity contribution in [2.75, 3.05) is 13.2 Å². The summed E-state index contributed by atoms with van der Waals surface area (Å²) in [6.45, 7) is 5.36. The Kier molecular flexibility index (Phi) is 4.02. The van der Waals surface area contributed by atoms with E-state index in [-0.39, 0.29) is 12.0 Å². The first kappa shape index (κ1) is 13.1. The van der Waals surface area contributed by atoms with Gasteiger partial charge in [0, 0.05) is 6.54 Å². The lowest BCUT2D eigenvalue weighted by Gasteiger charge is -2.19. The van der Waals surface area contributed by atoms with Gasteiger partial charge in [0.05, 0.1) is 6.61 Å². The highest BCUT2D eigenvalue weighted by Crippen LogP contribution is 2.44. The van der Waals surface area contributed by atoms with E-state index in [1.165, 1.54) is 12.8 Å². The Morgan fingerprint density at radius 1 is 1.39 bits per heavy atom. The summed E-state index contributed by atoms with van der Waals surface area (Å²) < 4.78 is 5.14. The molecule has 1 aromatic rings. The zero-order chi connectivity index (χ0) is 13.0. The van der Waals surface area contributed by atoms with Gasteiger partial charge >= 0.3 is 5.97 Å². The summed E-state index contributed by atoms with van der Waals surface area (Å²) in [5, 5.41) is 3.35. The van der Waals surface area contributed by atoms with E-state index < -0.39 is 0 Å². The Balaban J connectivity index is 2.04. The van der Waals surface area contributed by atoms with Crippen LogP contribution >= 0.6 is 0 Å². The van der Waals surface area contributed by atoms with Crippen LogP contribution in [0.15, 0.2) is 30.3 Å². The summed E-state index contributed by atoms with van der Waals surface area (Å²) >= 11 is 0. The van der Waals surface area contributed by atoms with E-state index in [2.05, 4.69) is 12.2 Å². The largest absolute Gasteiger partial charge is 0.465 e. The van der Waals surface area contributed by atoms with Crippen molar-refractivity contribution in [2.24, 2.45) is 5.41 Å². The minimum atomic E-state index is -0.344. The Morgan fingerprint density at radius 3 is 2.61 bits per heavy atom. The predicted molar refractivity (Wildman–Crippen MR) is 71.2 cm³/mol. The summed E-state index contributed by atoms with van der Waals surface area (Å²) in [5.74, 6) is -0.187. The number of nitrogens with one attached hydrogen (secondary N) is 1. The Labute approximate surface area is 109 Å². The average Bonchev–Trinajstić information content (AvgIpc) is 3.09. The molecule has 1 saturated carbocycles. The molecule has 0 heterocycles. The second kappa shape index (κ2) is 5.53. The van der Waals surface area contributed by atoms with Crippen LogP contribution in [-0.4, -0.2) is 19.1 Å². The van der Waals surface area contributed by atoms with Crippen LogP contribution in [0.25, 0.3) is 0 Å². The molecule has 3 heteroatoms. The second-order valence-corrected chi connectivity index (χ2v) is 5.29. The van der Waals surface area contributed by atoms with Crippen molar-refractivity contribution in [2.45, 2.75) is 32.7 Å². The summed E-state index contributed by atoms with van der Waals surface area (Å²) in [6, 6.07) is 9.43. The molecule has 1 N–H and O–H groups in total. The Morgan fingerprint density at radius 2 is 2.06 bits per heavy atom. The zero-order valence-corrected chi connectivity index (χ0v) is 11.1. The van der Waals surface area contributed by atoms with Gasteiger partial charge in [-0.3, -0.25) is 0 Å². The Bertz CT molecular complexity index is 398. The standard InChI is InChI=1S/C15H21NO2/c1-3-18-14(17)13(12-7-5-4-6-8-12)16-11-15(2)9-10-15/h4-8,13,16H,3,9-11H2,1-2H3. The van der Waals surface area contributed by atoms with Gasteiger partial charge in [0.1, 0.15) is 6.04 Å². The lowest BCUT2D eigenvalue weighted by Crippen LogP contribution is -2.33. The molecule has 0 spiro atoms. The Hall–Kier alpha value is -1.35. The number of ether oxygens (including phenoxy) is 1. The lowest BCUT2D eigenvalue weighted by atomic mass is 10.1. The van der Waals surface area contributed by atoms with E-state index in [0.717, 1.165) is 12.1 Å². The van der Waals surface area contributed by atoms with Crippen LogP contribution in [0.3, 0.4) is 0 Å². The fourth-order valence-corrected chi connectivity index (χ4v) is 1.95. The summed E-state index contributed by atoms with van der Waals surface area (Å²) in [4.78, 5) is 12.0. The molecule has 0 radical (unpaired) electrons. The first-order valence-corrected chi connectivity index (χ1v) is 6.59. The van der Waals surface area contributed by atoms with Crippen LogP contribution in [0.1, 0.15) is 38.3 Å². The van der Waals surface area contributed by atoms with E-state index in [0.29, 0.717) is 12.0 Å². The van der Waals surface area contributed by atoms with Gasteiger partial charge in [-0.1, -0.05) is 37.3 Å². The van der Waals surface area contributed by atoms with Gasteiger partial charge in [0.2, 0.25) is 0 Å². The van der Waals surface area contributed by atoms with Crippen LogP contribution in [0, 0.1) is 5.41 Å². The molecule has 1 atom stereocenters. The highest BCUT2D eigenvalue weighted by molar-refractivity contribution is 5.77. The molecular formula is C15H21NO2. The van der Waals surface area contributed by atoms with Crippen molar-refractivity contribution < 1.29 is 9.53 Å². The van der Waals surface area contributed by atoms with Crippen molar-refractivity contribution in [3.63, 3.8) is 0 Å². The van der Waals surface area contributed by atoms with E-state index in [1.807, 2.05) is 37.3 Å². The third-order valence-corrected chi connectivity index (χ3v) is 3.49. The molecule has 0 aliphatic heterocycles. The van der Waals surface area contributed by atoms with Crippen LogP contribution in [0.4, 0.5) is 0 Å². The highest BCUT2D eigenvalue weighted by atomic mass is 16.5. The SMILES string of the molecule is CCOC(=O)C(NCC1(C)CC1)c1ccccc1. The molecule has 3 nitrogen and oxygen atoms in total. The summed E-state index contributed by atoms with van der Waals surface area (Å²) in [7, 11) is 0. The highest BCUT2D eigenvalue weighted by Gasteiger charge is 2.38. The van der Waals surface area contributed by atoms with Crippen molar-refractivity contribution >= 4 is 5.97 Å². The van der Waals surface area contributed by atoms with Crippen molar-refractivity contribution in [3.05, 3.63) is 35.9 Å². The second-order valence-electron chi connectivity index (χ2n) is 5.29. The monoisotopic (exact) mass is 247 g/mol. The number of carbonyl (C=O) groups excluding carboxylic acids is 1. The quantitative estimate of drug-likeness (QED) is 0.785. The molecule has 0 saturated heterocycles. The van der Waals surface area contributed by atoms with Gasteiger partial charge in [-0.2, -0.15) is 0 Å². The van der Waals surface area contributed by atoms with Gasteiger partial charge in [-0.25, -0.2) is 4.79 Å². The maximum absolute atomic E-state index is 12.0. The lowest BCUT2D eigenvalue weighted by molar-refractivity contribution is -0.145. The van der Waals surface area contributed by atoms with Crippen LogP contribution in [-0.2, 0) is 9.53 Å². The number of hydrogen-bond acceptors (Lipinski definition) is 3. The minimum absolute atomic E-state index is 0.187. The van der Waals surface area contributed by atoms with Gasteiger partial charge < -0.3 is 10.1 Å². The topological polar surface area (TPSA) is 38.3 Å². The smallest absolute Gasteiger partial charge is 0.327 e. The van der Waals surface area contributed by atoms with Gasteiger partial charge in [0.25, 0.3) is 0 Å². The summed E-state index contributed by atoms with van der Waals surface area (Å²) in [5.41, 5.74) is 1.35. The molecule has 1 aromatic carbocycles. The minimum Gasteiger partial charge on any atom is -0.465 e. The molecular weight excluding hydrogens is 226 g/mol. The van der Waals surface area contributed by atoms with Crippen LogP contribution < -0.4 is 5.32 Å². The number of benzene rings is 1. The molecule has 18 heavy (non-hydrogen) atoms. The van der Waals surface area contributed by atoms with E-state index in [1.54, 1.807) is 0 Å². The van der Waals surface area contributed by atoms with Crippen LogP contribution in [0.5, 0.6) is 0 Å². The molecule has 0 bridgehead atoms. The number of esters is 1. The molecule has 0 amide bonds. The van der Waals surface area contributed by atoms with E-state index in [4.69, 9.17) is 4.74 Å². The number of hydrogen-bond donors (Lipinski definition) is 1. The first-order valence-electron chi connectivity index (χ1n) is 6.59. The van der Waals surface area contributed by atoms with Crippen molar-refractivity contribution in [1.29, 1.82) is 0 Å². The van der Waals surface area contributed by atoms with Gasteiger partial charge in [-0.05, 0) is 30.7 Å². The molecule has 2 rings (SSSR count). The third kappa shape index (κ3) is 3.33. The van der Waals surface area contributed by atoms with Crippen LogP contribution in [0.2, 0.25) is 0 Å². The van der Waals surface area contributed by atoms with Crippen molar-refractivity contribution in [1.82, 2.24) is 5.32 Å². The number of rotatable bonds is 6. The van der Waals surface area contributed by atoms with E-state index >= 15 is 0 Å². The first-order chi connectivity index (χ1) is 8.64. The predicted octanol–water partition coefficient (Wildman–Crippen LogP) is 2.68. The molecule has 98 valence electrons. The van der Waals surface area contributed by atoms with E-state index in [9.17, 15) is 4.79 Å². The van der Waals surface area contributed by atoms with Crippen molar-refractivity contribution in [3.8, 4) is 0 Å². The molecule has 1 unspecified atom stereocenters.